The molecule has 0 aliphatic heterocycles. The zero-order valence-corrected chi connectivity index (χ0v) is 42.8. The molecule has 0 fully saturated rings. The van der Waals surface area contributed by atoms with Crippen LogP contribution in [-0.4, -0.2) is 37.9 Å². The first kappa shape index (κ1) is 61.6. The van der Waals surface area contributed by atoms with Crippen molar-refractivity contribution in [1.82, 2.24) is 0 Å². The number of hydrogen-bond acceptors (Lipinski definition) is 5. The van der Waals surface area contributed by atoms with Gasteiger partial charge in [-0.15, -0.1) is 0 Å². The summed E-state index contributed by atoms with van der Waals surface area (Å²) in [6.45, 7) is 7.67. The predicted octanol–water partition coefficient (Wildman–Crippen LogP) is 18.9. The van der Waals surface area contributed by atoms with Gasteiger partial charge in [-0.1, -0.05) is 248 Å². The number of carbonyl (C=O) groups is 2. The molecule has 64 heavy (non-hydrogen) atoms. The van der Waals surface area contributed by atoms with Crippen molar-refractivity contribution >= 4 is 11.9 Å². The van der Waals surface area contributed by atoms with Crippen LogP contribution in [0.5, 0.6) is 0 Å². The number of esters is 2. The van der Waals surface area contributed by atoms with Crippen molar-refractivity contribution in [1.29, 1.82) is 0 Å². The predicted molar refractivity (Wildman–Crippen MR) is 279 cm³/mol. The van der Waals surface area contributed by atoms with Gasteiger partial charge < -0.3 is 14.2 Å². The van der Waals surface area contributed by atoms with Crippen molar-refractivity contribution in [2.24, 2.45) is 0 Å². The molecule has 1 atom stereocenters. The summed E-state index contributed by atoms with van der Waals surface area (Å²) in [6.07, 6.45) is 69.5. The van der Waals surface area contributed by atoms with Crippen LogP contribution < -0.4 is 0 Å². The normalized spacial score (nSPS) is 12.6. The molecule has 0 radical (unpaired) electrons. The van der Waals surface area contributed by atoms with E-state index < -0.39 is 6.10 Å². The Kier molecular flexibility index (Phi) is 52.9. The fourth-order valence-corrected chi connectivity index (χ4v) is 7.92. The van der Waals surface area contributed by atoms with Crippen LogP contribution in [0.25, 0.3) is 0 Å². The van der Waals surface area contributed by atoms with E-state index in [-0.39, 0.29) is 25.2 Å². The molecule has 0 saturated heterocycles. The number of carbonyl (C=O) groups excluding carboxylic acids is 2. The van der Waals surface area contributed by atoms with Crippen molar-refractivity contribution in [2.45, 2.75) is 284 Å². The molecular weight excluding hydrogens is 789 g/mol. The summed E-state index contributed by atoms with van der Waals surface area (Å²) in [5.74, 6) is -0.414. The van der Waals surface area contributed by atoms with E-state index in [1.165, 1.54) is 154 Å². The third-order valence-corrected chi connectivity index (χ3v) is 12.0. The fourth-order valence-electron chi connectivity index (χ4n) is 7.92. The van der Waals surface area contributed by atoms with Gasteiger partial charge in [-0.05, 0) is 77.0 Å². The molecule has 0 amide bonds. The molecule has 0 aliphatic carbocycles. The molecule has 0 bridgehead atoms. The van der Waals surface area contributed by atoms with Crippen LogP contribution in [0.1, 0.15) is 278 Å². The molecule has 0 aromatic rings. The Hall–Kier alpha value is -2.40. The minimum atomic E-state index is -0.546. The number of hydrogen-bond donors (Lipinski definition) is 0. The summed E-state index contributed by atoms with van der Waals surface area (Å²) in [6, 6.07) is 0. The summed E-state index contributed by atoms with van der Waals surface area (Å²) in [5, 5.41) is 0. The standard InChI is InChI=1S/C59H106O5/c1-4-7-10-13-16-19-22-25-27-29-31-33-36-39-42-45-48-51-54-62-55-57(64-59(61)53-50-47-44-41-38-34-24-21-18-15-12-9-6-3)56-63-58(60)52-49-46-43-40-37-35-32-30-28-26-23-20-17-14-11-8-5-2/h8,11-12,15,17,20-21,24,26,28,57H,4-7,9-10,13-14,16,18-19,22-23,25,27,29-56H2,1-3H3/b11-8-,15-12-,20-17-,24-21-,28-26-. The molecule has 0 saturated carbocycles. The molecule has 372 valence electrons. The smallest absolute Gasteiger partial charge is 0.306 e. The second-order valence-electron chi connectivity index (χ2n) is 18.5. The molecular formula is C59H106O5. The van der Waals surface area contributed by atoms with E-state index in [1.807, 2.05) is 0 Å². The van der Waals surface area contributed by atoms with Crippen LogP contribution in [0.4, 0.5) is 0 Å². The van der Waals surface area contributed by atoms with E-state index in [2.05, 4.69) is 81.5 Å². The number of rotatable bonds is 51. The Labute approximate surface area is 398 Å². The van der Waals surface area contributed by atoms with Gasteiger partial charge in [0.25, 0.3) is 0 Å². The first-order valence-electron chi connectivity index (χ1n) is 27.8. The average Bonchev–Trinajstić information content (AvgIpc) is 3.30. The van der Waals surface area contributed by atoms with Gasteiger partial charge >= 0.3 is 11.9 Å². The highest BCUT2D eigenvalue weighted by molar-refractivity contribution is 5.70. The van der Waals surface area contributed by atoms with Gasteiger partial charge in [0.15, 0.2) is 6.10 Å². The van der Waals surface area contributed by atoms with Crippen LogP contribution in [0, 0.1) is 0 Å². The van der Waals surface area contributed by atoms with Crippen LogP contribution >= 0.6 is 0 Å². The zero-order chi connectivity index (χ0) is 46.3. The van der Waals surface area contributed by atoms with E-state index in [9.17, 15) is 9.59 Å². The topological polar surface area (TPSA) is 61.8 Å². The molecule has 0 aromatic heterocycles. The maximum Gasteiger partial charge on any atom is 0.306 e. The van der Waals surface area contributed by atoms with Gasteiger partial charge in [0.05, 0.1) is 6.61 Å². The first-order valence-corrected chi connectivity index (χ1v) is 27.8. The minimum absolute atomic E-state index is 0.0760. The molecule has 0 spiro atoms. The van der Waals surface area contributed by atoms with Gasteiger partial charge in [-0.3, -0.25) is 9.59 Å². The maximum absolute atomic E-state index is 12.8. The third kappa shape index (κ3) is 52.2. The van der Waals surface area contributed by atoms with Crippen molar-refractivity contribution in [2.75, 3.05) is 19.8 Å². The molecule has 1 unspecified atom stereocenters. The fraction of sp³-hybridized carbons (Fsp3) is 0.797. The molecule has 0 aromatic carbocycles. The Bertz CT molecular complexity index is 1100. The first-order chi connectivity index (χ1) is 31.6. The number of unbranched alkanes of at least 4 members (excludes halogenated alkanes) is 30. The van der Waals surface area contributed by atoms with Gasteiger partial charge in [-0.2, -0.15) is 0 Å². The summed E-state index contributed by atoms with van der Waals surface area (Å²) >= 11 is 0. The number of ether oxygens (including phenoxy) is 3. The minimum Gasteiger partial charge on any atom is -0.462 e. The zero-order valence-electron chi connectivity index (χ0n) is 42.8. The molecule has 0 heterocycles. The van der Waals surface area contributed by atoms with Crippen LogP contribution in [-0.2, 0) is 23.8 Å². The van der Waals surface area contributed by atoms with Crippen molar-refractivity contribution in [3.8, 4) is 0 Å². The highest BCUT2D eigenvalue weighted by Crippen LogP contribution is 2.16. The van der Waals surface area contributed by atoms with Gasteiger partial charge in [-0.25, -0.2) is 0 Å². The van der Waals surface area contributed by atoms with Gasteiger partial charge in [0.2, 0.25) is 0 Å². The van der Waals surface area contributed by atoms with E-state index in [1.54, 1.807) is 0 Å². The third-order valence-electron chi connectivity index (χ3n) is 12.0. The lowest BCUT2D eigenvalue weighted by molar-refractivity contribution is -0.163. The highest BCUT2D eigenvalue weighted by atomic mass is 16.6. The molecule has 0 aliphatic rings. The quantitative estimate of drug-likeness (QED) is 0.0346. The van der Waals surface area contributed by atoms with Crippen molar-refractivity contribution in [3.05, 3.63) is 60.8 Å². The SMILES string of the molecule is CC/C=C\C/C=C\C/C=C\CCCCCCCCCC(=O)OCC(COCCCCCCCCCCCCCCCCCCCC)OC(=O)CCCCCCC/C=C\C/C=C\CCC. The molecule has 0 N–H and O–H groups in total. The van der Waals surface area contributed by atoms with E-state index in [0.29, 0.717) is 19.4 Å². The van der Waals surface area contributed by atoms with E-state index in [4.69, 9.17) is 14.2 Å². The lowest BCUT2D eigenvalue weighted by Gasteiger charge is -2.18. The lowest BCUT2D eigenvalue weighted by Crippen LogP contribution is -2.30. The highest BCUT2D eigenvalue weighted by Gasteiger charge is 2.17. The second kappa shape index (κ2) is 54.9. The van der Waals surface area contributed by atoms with Crippen LogP contribution in [0.2, 0.25) is 0 Å². The van der Waals surface area contributed by atoms with Gasteiger partial charge in [0.1, 0.15) is 6.61 Å². The average molecular weight is 895 g/mol. The second-order valence-corrected chi connectivity index (χ2v) is 18.5. The summed E-state index contributed by atoms with van der Waals surface area (Å²) in [4.78, 5) is 25.4. The van der Waals surface area contributed by atoms with Gasteiger partial charge in [0, 0.05) is 19.4 Å². The van der Waals surface area contributed by atoms with Crippen molar-refractivity contribution in [3.63, 3.8) is 0 Å². The largest absolute Gasteiger partial charge is 0.462 e. The van der Waals surface area contributed by atoms with Crippen LogP contribution in [0.3, 0.4) is 0 Å². The Morgan fingerprint density at radius 1 is 0.359 bits per heavy atom. The summed E-state index contributed by atoms with van der Waals surface area (Å²) < 4.78 is 17.4. The van der Waals surface area contributed by atoms with Crippen LogP contribution in [0.15, 0.2) is 60.8 Å². The number of allylic oxidation sites excluding steroid dienone is 10. The molecule has 0 rings (SSSR count). The lowest BCUT2D eigenvalue weighted by atomic mass is 10.0. The monoisotopic (exact) mass is 895 g/mol. The summed E-state index contributed by atoms with van der Waals surface area (Å²) in [5.41, 5.74) is 0. The Morgan fingerprint density at radius 3 is 1.19 bits per heavy atom. The maximum atomic E-state index is 12.8. The Morgan fingerprint density at radius 2 is 0.734 bits per heavy atom. The summed E-state index contributed by atoms with van der Waals surface area (Å²) in [7, 11) is 0. The molecule has 5 nitrogen and oxygen atoms in total. The van der Waals surface area contributed by atoms with Crippen molar-refractivity contribution < 1.29 is 23.8 Å². The molecule has 5 heteroatoms. The van der Waals surface area contributed by atoms with E-state index in [0.717, 1.165) is 89.9 Å². The Balaban J connectivity index is 4.25. The van der Waals surface area contributed by atoms with E-state index >= 15 is 0 Å².